The van der Waals surface area contributed by atoms with E-state index in [4.69, 9.17) is 4.74 Å². The zero-order valence-electron chi connectivity index (χ0n) is 4.96. The van der Waals surface area contributed by atoms with Crippen molar-refractivity contribution in [2.24, 2.45) is 0 Å². The molecule has 0 bridgehead atoms. The first kappa shape index (κ1) is 6.02. The Bertz CT molecular complexity index is 90.5. The van der Waals surface area contributed by atoms with E-state index in [-0.39, 0.29) is 0 Å². The fourth-order valence-corrected chi connectivity index (χ4v) is 1.23. The smallest absolute Gasteiger partial charge is 0.143 e. The topological polar surface area (TPSA) is 9.23 Å². The molecule has 1 nitrogen and oxygen atoms in total. The molecule has 2 heteroatoms. The maximum atomic E-state index is 5.21. The minimum atomic E-state index is 0.417. The molecule has 1 aliphatic rings. The highest BCUT2D eigenvalue weighted by Crippen LogP contribution is 2.18. The fourth-order valence-electron chi connectivity index (χ4n) is 0.685. The molecule has 0 N–H and O–H groups in total. The lowest BCUT2D eigenvalue weighted by Gasteiger charge is -2.15. The molecule has 8 heavy (non-hydrogen) atoms. The molecule has 1 unspecified atom stereocenters. The molecule has 1 heterocycles. The van der Waals surface area contributed by atoms with Crippen molar-refractivity contribution in [2.45, 2.75) is 18.3 Å². The Labute approximate surface area is 54.1 Å². The van der Waals surface area contributed by atoms with E-state index in [1.54, 1.807) is 18.0 Å². The molecule has 0 aromatic carbocycles. The molecule has 1 aliphatic heterocycles. The summed E-state index contributed by atoms with van der Waals surface area (Å²) in [7, 11) is 0. The Morgan fingerprint density at radius 3 is 3.00 bits per heavy atom. The highest BCUT2D eigenvalue weighted by Gasteiger charge is 2.06. The maximum absolute atomic E-state index is 5.21. The highest BCUT2D eigenvalue weighted by atomic mass is 32.2. The zero-order valence-corrected chi connectivity index (χ0v) is 5.78. The largest absolute Gasteiger partial charge is 0.488 e. The molecule has 0 aromatic heterocycles. The number of allylic oxidation sites excluding steroid dienone is 1. The summed E-state index contributed by atoms with van der Waals surface area (Å²) >= 11 is 1.77. The van der Waals surface area contributed by atoms with Crippen molar-refractivity contribution >= 4 is 11.8 Å². The van der Waals surface area contributed by atoms with Crippen LogP contribution in [0.4, 0.5) is 0 Å². The van der Waals surface area contributed by atoms with Gasteiger partial charge in [0.25, 0.3) is 0 Å². The lowest BCUT2D eigenvalue weighted by atomic mass is 10.3. The molecular formula is C6H10OS. The summed E-state index contributed by atoms with van der Waals surface area (Å²) in [6, 6.07) is 0. The molecule has 0 aliphatic carbocycles. The predicted molar refractivity (Wildman–Crippen MR) is 36.8 cm³/mol. The molecule has 0 saturated heterocycles. The highest BCUT2D eigenvalue weighted by molar-refractivity contribution is 7.99. The van der Waals surface area contributed by atoms with Crippen LogP contribution >= 0.6 is 11.8 Å². The summed E-state index contributed by atoms with van der Waals surface area (Å²) in [6.45, 7) is 0. The standard InChI is InChI=1S/C6H10OS/c1-8-6-4-2-3-5-7-6/h3,5-6H,2,4H2,1H3. The third kappa shape index (κ3) is 1.44. The average Bonchev–Trinajstić information content (AvgIpc) is 1.90. The fraction of sp³-hybridized carbons (Fsp3) is 0.667. The molecule has 1 rings (SSSR count). The molecule has 46 valence electrons. The van der Waals surface area contributed by atoms with E-state index < -0.39 is 0 Å². The van der Waals surface area contributed by atoms with E-state index in [0.29, 0.717) is 5.44 Å². The van der Waals surface area contributed by atoms with Crippen molar-refractivity contribution < 1.29 is 4.74 Å². The second-order valence-corrected chi connectivity index (χ2v) is 2.75. The quantitative estimate of drug-likeness (QED) is 0.537. The summed E-state index contributed by atoms with van der Waals surface area (Å²) in [5.74, 6) is 0. The van der Waals surface area contributed by atoms with Crippen molar-refractivity contribution in [3.8, 4) is 0 Å². The Hall–Kier alpha value is -0.110. The SMILES string of the molecule is CSC1CCC=CO1. The van der Waals surface area contributed by atoms with E-state index >= 15 is 0 Å². The van der Waals surface area contributed by atoms with E-state index in [0.717, 1.165) is 6.42 Å². The first-order chi connectivity index (χ1) is 3.93. The first-order valence-corrected chi connectivity index (χ1v) is 4.05. The monoisotopic (exact) mass is 130 g/mol. The molecule has 0 spiro atoms. The van der Waals surface area contributed by atoms with Gasteiger partial charge in [0.2, 0.25) is 0 Å². The predicted octanol–water partition coefficient (Wildman–Crippen LogP) is 2.00. The number of rotatable bonds is 1. The van der Waals surface area contributed by atoms with E-state index in [9.17, 15) is 0 Å². The molecule has 0 radical (unpaired) electrons. The number of hydrogen-bond donors (Lipinski definition) is 0. The van der Waals surface area contributed by atoms with Gasteiger partial charge in [0.15, 0.2) is 0 Å². The Kier molecular flexibility index (Phi) is 2.27. The van der Waals surface area contributed by atoms with Gasteiger partial charge < -0.3 is 4.74 Å². The van der Waals surface area contributed by atoms with Gasteiger partial charge in [-0.25, -0.2) is 0 Å². The normalized spacial score (nSPS) is 27.4. The molecule has 0 aromatic rings. The van der Waals surface area contributed by atoms with Gasteiger partial charge in [-0.15, -0.1) is 11.8 Å². The summed E-state index contributed by atoms with van der Waals surface area (Å²) in [5, 5.41) is 0. The third-order valence-electron chi connectivity index (χ3n) is 1.16. The summed E-state index contributed by atoms with van der Waals surface area (Å²) in [4.78, 5) is 0. The van der Waals surface area contributed by atoms with Crippen LogP contribution in [0.2, 0.25) is 0 Å². The summed E-state index contributed by atoms with van der Waals surface area (Å²) in [5.41, 5.74) is 0.417. The average molecular weight is 130 g/mol. The van der Waals surface area contributed by atoms with Gasteiger partial charge in [-0.3, -0.25) is 0 Å². The third-order valence-corrected chi connectivity index (χ3v) is 2.03. The summed E-state index contributed by atoms with van der Waals surface area (Å²) < 4.78 is 5.21. The zero-order chi connectivity index (χ0) is 5.82. The molecule has 0 amide bonds. The second-order valence-electron chi connectivity index (χ2n) is 1.75. The summed E-state index contributed by atoms with van der Waals surface area (Å²) in [6.07, 6.45) is 8.27. The molecular weight excluding hydrogens is 120 g/mol. The minimum absolute atomic E-state index is 0.417. The Morgan fingerprint density at radius 2 is 2.62 bits per heavy atom. The van der Waals surface area contributed by atoms with Crippen LogP contribution in [-0.4, -0.2) is 11.7 Å². The van der Waals surface area contributed by atoms with Crippen LogP contribution in [0.15, 0.2) is 12.3 Å². The lowest BCUT2D eigenvalue weighted by molar-refractivity contribution is 0.200. The van der Waals surface area contributed by atoms with Crippen LogP contribution in [0, 0.1) is 0 Å². The van der Waals surface area contributed by atoms with Crippen LogP contribution < -0.4 is 0 Å². The minimum Gasteiger partial charge on any atom is -0.488 e. The Morgan fingerprint density at radius 1 is 1.75 bits per heavy atom. The molecule has 0 saturated carbocycles. The van der Waals surface area contributed by atoms with Crippen LogP contribution in [-0.2, 0) is 4.74 Å². The van der Waals surface area contributed by atoms with Crippen molar-refractivity contribution in [2.75, 3.05) is 6.26 Å². The van der Waals surface area contributed by atoms with Crippen molar-refractivity contribution in [1.29, 1.82) is 0 Å². The second kappa shape index (κ2) is 3.02. The van der Waals surface area contributed by atoms with Crippen LogP contribution in [0.5, 0.6) is 0 Å². The van der Waals surface area contributed by atoms with Gasteiger partial charge in [0.1, 0.15) is 5.44 Å². The van der Waals surface area contributed by atoms with Gasteiger partial charge in [-0.05, 0) is 25.2 Å². The van der Waals surface area contributed by atoms with Gasteiger partial charge in [0, 0.05) is 0 Å². The van der Waals surface area contributed by atoms with E-state index in [2.05, 4.69) is 12.3 Å². The lowest BCUT2D eigenvalue weighted by Crippen LogP contribution is -2.05. The van der Waals surface area contributed by atoms with Crippen LogP contribution in [0.25, 0.3) is 0 Å². The van der Waals surface area contributed by atoms with Gasteiger partial charge in [0.05, 0.1) is 6.26 Å². The van der Waals surface area contributed by atoms with Crippen molar-refractivity contribution in [1.82, 2.24) is 0 Å². The first-order valence-electron chi connectivity index (χ1n) is 2.77. The number of ether oxygens (including phenoxy) is 1. The van der Waals surface area contributed by atoms with Gasteiger partial charge >= 0.3 is 0 Å². The number of thioether (sulfide) groups is 1. The Balaban J connectivity index is 2.27. The van der Waals surface area contributed by atoms with E-state index in [1.165, 1.54) is 6.42 Å². The molecule has 1 atom stereocenters. The van der Waals surface area contributed by atoms with Crippen molar-refractivity contribution in [3.63, 3.8) is 0 Å². The van der Waals surface area contributed by atoms with Crippen molar-refractivity contribution in [3.05, 3.63) is 12.3 Å². The van der Waals surface area contributed by atoms with E-state index in [1.807, 2.05) is 0 Å². The maximum Gasteiger partial charge on any atom is 0.143 e. The van der Waals surface area contributed by atoms with Crippen LogP contribution in [0.3, 0.4) is 0 Å². The number of hydrogen-bond acceptors (Lipinski definition) is 2. The van der Waals surface area contributed by atoms with Crippen LogP contribution in [0.1, 0.15) is 12.8 Å². The molecule has 0 fully saturated rings. The van der Waals surface area contributed by atoms with Gasteiger partial charge in [-0.2, -0.15) is 0 Å². The van der Waals surface area contributed by atoms with Gasteiger partial charge in [-0.1, -0.05) is 0 Å².